The van der Waals surface area contributed by atoms with Crippen LogP contribution in [0.25, 0.3) is 0 Å². The molecule has 0 amide bonds. The van der Waals surface area contributed by atoms with E-state index in [-0.39, 0.29) is 19.5 Å². The molecule has 1 fully saturated rings. The second-order valence-electron chi connectivity index (χ2n) is 9.48. The van der Waals surface area contributed by atoms with Crippen molar-refractivity contribution in [1.29, 1.82) is 0 Å². The number of hydrogen-bond donors (Lipinski definition) is 0. The van der Waals surface area contributed by atoms with Crippen LogP contribution in [0.15, 0.2) is 42.5 Å². The highest BCUT2D eigenvalue weighted by Gasteiger charge is 2.32. The monoisotopic (exact) mass is 473 g/mol. The van der Waals surface area contributed by atoms with Gasteiger partial charge >= 0.3 is 5.97 Å². The largest absolute Gasteiger partial charge is 0.463 e. The second-order valence-corrected chi connectivity index (χ2v) is 9.89. The van der Waals surface area contributed by atoms with Crippen molar-refractivity contribution in [3.8, 4) is 0 Å². The van der Waals surface area contributed by atoms with E-state index in [2.05, 4.69) is 76.2 Å². The summed E-state index contributed by atoms with van der Waals surface area (Å²) in [4.78, 5) is 13.8. The highest BCUT2D eigenvalue weighted by atomic mass is 35.5. The van der Waals surface area contributed by atoms with Gasteiger partial charge in [-0.2, -0.15) is 0 Å². The quantitative estimate of drug-likeness (QED) is 0.403. The lowest BCUT2D eigenvalue weighted by Crippen LogP contribution is -2.34. The van der Waals surface area contributed by atoms with Gasteiger partial charge in [0.1, 0.15) is 6.10 Å². The van der Waals surface area contributed by atoms with E-state index in [1.807, 2.05) is 6.07 Å². The summed E-state index contributed by atoms with van der Waals surface area (Å²) < 4.78 is 5.63. The second kappa shape index (κ2) is 14.4. The standard InChI is InChI=1S/C25H32ClNO2.C3H8.CH4/c1-17-5-7-19(8-6-17)11-23-14-21(9-10-25(23)26)22-12-20(16-27(3)4)13-24(15-22)29-18(2)28;1-3-2;/h5-10,14,20,22,24H,11-13,15-16H2,1-4H3;3H2,1-2H3;1H4. The minimum atomic E-state index is -0.185. The molecule has 184 valence electrons. The summed E-state index contributed by atoms with van der Waals surface area (Å²) in [6.07, 6.45) is 5.01. The number of benzene rings is 2. The predicted octanol–water partition coefficient (Wildman–Crippen LogP) is 7.67. The summed E-state index contributed by atoms with van der Waals surface area (Å²) in [7, 11) is 4.21. The van der Waals surface area contributed by atoms with Gasteiger partial charge in [0.15, 0.2) is 0 Å². The Morgan fingerprint density at radius 1 is 1.06 bits per heavy atom. The van der Waals surface area contributed by atoms with Gasteiger partial charge in [0.25, 0.3) is 0 Å². The summed E-state index contributed by atoms with van der Waals surface area (Å²) in [5, 5.41) is 0.812. The Kier molecular flexibility index (Phi) is 12.8. The fraction of sp³-hybridized carbons (Fsp3) is 0.552. The molecule has 1 aliphatic carbocycles. The van der Waals surface area contributed by atoms with Crippen molar-refractivity contribution >= 4 is 17.6 Å². The normalized spacial score (nSPS) is 19.8. The lowest BCUT2D eigenvalue weighted by molar-refractivity contribution is -0.148. The van der Waals surface area contributed by atoms with Gasteiger partial charge in [0.2, 0.25) is 0 Å². The zero-order valence-corrected chi connectivity index (χ0v) is 21.4. The van der Waals surface area contributed by atoms with Crippen LogP contribution in [0.2, 0.25) is 5.02 Å². The first-order valence-corrected chi connectivity index (χ1v) is 12.2. The van der Waals surface area contributed by atoms with E-state index in [1.165, 1.54) is 30.0 Å². The van der Waals surface area contributed by atoms with E-state index >= 15 is 0 Å². The van der Waals surface area contributed by atoms with Gasteiger partial charge in [-0.25, -0.2) is 0 Å². The molecule has 0 spiro atoms. The van der Waals surface area contributed by atoms with Crippen LogP contribution in [0, 0.1) is 12.8 Å². The van der Waals surface area contributed by atoms with Crippen LogP contribution in [-0.4, -0.2) is 37.6 Å². The maximum atomic E-state index is 11.6. The van der Waals surface area contributed by atoms with Crippen molar-refractivity contribution in [1.82, 2.24) is 4.90 Å². The van der Waals surface area contributed by atoms with Gasteiger partial charge in [0, 0.05) is 18.5 Å². The average Bonchev–Trinajstić information content (AvgIpc) is 2.70. The summed E-state index contributed by atoms with van der Waals surface area (Å²) in [6, 6.07) is 15.1. The molecule has 0 radical (unpaired) electrons. The average molecular weight is 474 g/mol. The Bertz CT molecular complexity index is 847. The van der Waals surface area contributed by atoms with Gasteiger partial charge < -0.3 is 9.64 Å². The number of nitrogens with zero attached hydrogens (tertiary/aromatic N) is 1. The molecule has 0 aliphatic heterocycles. The van der Waals surface area contributed by atoms with Crippen molar-refractivity contribution in [2.45, 2.75) is 79.2 Å². The summed E-state index contributed by atoms with van der Waals surface area (Å²) in [5.41, 5.74) is 4.99. The van der Waals surface area contributed by atoms with Crippen molar-refractivity contribution in [2.75, 3.05) is 20.6 Å². The van der Waals surface area contributed by atoms with E-state index < -0.39 is 0 Å². The minimum absolute atomic E-state index is 0. The third-order valence-electron chi connectivity index (χ3n) is 5.77. The summed E-state index contributed by atoms with van der Waals surface area (Å²) in [5.74, 6) is 0.715. The molecule has 3 unspecified atom stereocenters. The maximum absolute atomic E-state index is 11.6. The molecule has 3 nitrogen and oxygen atoms in total. The van der Waals surface area contributed by atoms with Crippen LogP contribution in [0.1, 0.15) is 82.1 Å². The number of carbonyl (C=O) groups excluding carboxylic acids is 1. The summed E-state index contributed by atoms with van der Waals surface area (Å²) in [6.45, 7) is 8.87. The smallest absolute Gasteiger partial charge is 0.302 e. The van der Waals surface area contributed by atoms with Crippen LogP contribution in [0.4, 0.5) is 0 Å². The Balaban J connectivity index is 0.00000129. The minimum Gasteiger partial charge on any atom is -0.463 e. The Labute approximate surface area is 207 Å². The zero-order chi connectivity index (χ0) is 23.7. The molecule has 2 aromatic carbocycles. The van der Waals surface area contributed by atoms with E-state index in [9.17, 15) is 4.79 Å². The molecule has 0 bridgehead atoms. The van der Waals surface area contributed by atoms with Gasteiger partial charge in [0.05, 0.1) is 0 Å². The van der Waals surface area contributed by atoms with Crippen LogP contribution >= 0.6 is 11.6 Å². The first-order chi connectivity index (χ1) is 15.2. The van der Waals surface area contributed by atoms with Crippen molar-refractivity contribution in [3.63, 3.8) is 0 Å². The lowest BCUT2D eigenvalue weighted by Gasteiger charge is -2.36. The molecule has 0 saturated heterocycles. The van der Waals surface area contributed by atoms with E-state index in [0.717, 1.165) is 42.8 Å². The molecule has 1 saturated carbocycles. The fourth-order valence-electron chi connectivity index (χ4n) is 4.56. The topological polar surface area (TPSA) is 29.5 Å². The Morgan fingerprint density at radius 2 is 1.70 bits per heavy atom. The van der Waals surface area contributed by atoms with Crippen LogP contribution in [-0.2, 0) is 16.0 Å². The van der Waals surface area contributed by atoms with Gasteiger partial charge in [-0.1, -0.05) is 81.3 Å². The molecule has 1 aliphatic rings. The number of aryl methyl sites for hydroxylation is 1. The third-order valence-corrected chi connectivity index (χ3v) is 6.14. The number of rotatable bonds is 6. The molecule has 2 aromatic rings. The van der Waals surface area contributed by atoms with Gasteiger partial charge in [-0.05, 0) is 81.3 Å². The Hall–Kier alpha value is -1.84. The molecule has 0 aromatic heterocycles. The van der Waals surface area contributed by atoms with E-state index in [4.69, 9.17) is 16.3 Å². The lowest BCUT2D eigenvalue weighted by atomic mass is 9.76. The number of hydrogen-bond acceptors (Lipinski definition) is 3. The van der Waals surface area contributed by atoms with Gasteiger partial charge in [-0.3, -0.25) is 4.79 Å². The first kappa shape index (κ1) is 29.2. The molecule has 3 atom stereocenters. The molecule has 33 heavy (non-hydrogen) atoms. The Morgan fingerprint density at radius 3 is 2.27 bits per heavy atom. The van der Waals surface area contributed by atoms with Crippen LogP contribution < -0.4 is 0 Å². The number of esters is 1. The molecule has 0 N–H and O–H groups in total. The van der Waals surface area contributed by atoms with Crippen LogP contribution in [0.5, 0.6) is 0 Å². The molecular formula is C29H44ClNO2. The first-order valence-electron chi connectivity index (χ1n) is 11.9. The molecular weight excluding hydrogens is 430 g/mol. The third kappa shape index (κ3) is 9.90. The van der Waals surface area contributed by atoms with Gasteiger partial charge in [-0.15, -0.1) is 0 Å². The summed E-state index contributed by atoms with van der Waals surface area (Å²) >= 11 is 6.54. The fourth-order valence-corrected chi connectivity index (χ4v) is 4.74. The number of ether oxygens (including phenoxy) is 1. The highest BCUT2D eigenvalue weighted by molar-refractivity contribution is 6.31. The zero-order valence-electron chi connectivity index (χ0n) is 20.7. The SMILES string of the molecule is C.CC(=O)OC1CC(CN(C)C)CC(c2ccc(Cl)c(Cc3ccc(C)cc3)c2)C1.CCC. The van der Waals surface area contributed by atoms with Crippen molar-refractivity contribution < 1.29 is 9.53 Å². The van der Waals surface area contributed by atoms with Crippen molar-refractivity contribution in [2.24, 2.45) is 5.92 Å². The van der Waals surface area contributed by atoms with E-state index in [0.29, 0.717) is 11.8 Å². The van der Waals surface area contributed by atoms with E-state index in [1.54, 1.807) is 0 Å². The number of carbonyl (C=O) groups is 1. The van der Waals surface area contributed by atoms with Crippen molar-refractivity contribution in [3.05, 3.63) is 69.7 Å². The maximum Gasteiger partial charge on any atom is 0.302 e. The highest BCUT2D eigenvalue weighted by Crippen LogP contribution is 2.39. The van der Waals surface area contributed by atoms with Crippen LogP contribution in [0.3, 0.4) is 0 Å². The molecule has 3 rings (SSSR count). The molecule has 0 heterocycles. The predicted molar refractivity (Wildman–Crippen MR) is 142 cm³/mol. The number of halogens is 1. The molecule has 4 heteroatoms.